The fourth-order valence-corrected chi connectivity index (χ4v) is 1.87. The Morgan fingerprint density at radius 3 is 2.53 bits per heavy atom. The van der Waals surface area contributed by atoms with Gasteiger partial charge in [-0.25, -0.2) is 0 Å². The van der Waals surface area contributed by atoms with E-state index >= 15 is 0 Å². The van der Waals surface area contributed by atoms with Gasteiger partial charge in [-0.2, -0.15) is 5.10 Å². The van der Waals surface area contributed by atoms with Gasteiger partial charge in [0.05, 0.1) is 17.9 Å². The molecule has 1 heterocycles. The van der Waals surface area contributed by atoms with Crippen molar-refractivity contribution in [2.24, 2.45) is 7.05 Å². The van der Waals surface area contributed by atoms with Gasteiger partial charge in [-0.05, 0) is 26.0 Å². The minimum Gasteiger partial charge on any atom is -0.494 e. The van der Waals surface area contributed by atoms with Crippen LogP contribution in [0.15, 0.2) is 24.3 Å². The van der Waals surface area contributed by atoms with Crippen molar-refractivity contribution >= 4 is 5.82 Å². The van der Waals surface area contributed by atoms with Gasteiger partial charge in [0.25, 0.3) is 0 Å². The topological polar surface area (TPSA) is 62.3 Å². The molecular formula is C14H19N3O2. The summed E-state index contributed by atoms with van der Waals surface area (Å²) in [5.74, 6) is 2.20. The molecule has 0 atom stereocenters. The lowest BCUT2D eigenvalue weighted by Crippen LogP contribution is -2.02. The Morgan fingerprint density at radius 2 is 1.95 bits per heavy atom. The number of benzene rings is 1. The molecule has 0 aliphatic carbocycles. The van der Waals surface area contributed by atoms with Gasteiger partial charge >= 0.3 is 0 Å². The van der Waals surface area contributed by atoms with Crippen LogP contribution in [-0.2, 0) is 13.7 Å². The summed E-state index contributed by atoms with van der Waals surface area (Å²) in [5.41, 5.74) is 7.75. The van der Waals surface area contributed by atoms with E-state index in [-0.39, 0.29) is 0 Å². The van der Waals surface area contributed by atoms with Crippen LogP contribution in [0.2, 0.25) is 0 Å². The Balaban J connectivity index is 2.08. The van der Waals surface area contributed by atoms with Crippen LogP contribution in [0.4, 0.5) is 5.82 Å². The number of aryl methyl sites for hydroxylation is 2. The first-order valence-corrected chi connectivity index (χ1v) is 6.25. The second-order valence-corrected chi connectivity index (χ2v) is 4.27. The molecule has 5 heteroatoms. The number of nitrogens with zero attached hydrogens (tertiary/aromatic N) is 2. The van der Waals surface area contributed by atoms with E-state index in [0.717, 1.165) is 22.8 Å². The number of nitrogen functional groups attached to an aromatic ring is 1. The molecule has 0 aliphatic heterocycles. The molecule has 0 amide bonds. The molecule has 2 rings (SSSR count). The Hall–Kier alpha value is -2.17. The van der Waals surface area contributed by atoms with E-state index in [4.69, 9.17) is 15.2 Å². The first kappa shape index (κ1) is 13.3. The molecule has 19 heavy (non-hydrogen) atoms. The number of hydrogen-bond donors (Lipinski definition) is 1. The van der Waals surface area contributed by atoms with Crippen molar-refractivity contribution < 1.29 is 9.47 Å². The normalized spacial score (nSPS) is 10.5. The van der Waals surface area contributed by atoms with E-state index in [1.165, 1.54) is 0 Å². The lowest BCUT2D eigenvalue weighted by molar-refractivity contribution is 0.299. The second kappa shape index (κ2) is 5.65. The Labute approximate surface area is 112 Å². The summed E-state index contributed by atoms with van der Waals surface area (Å²) in [5, 5.41) is 4.26. The fraction of sp³-hybridized carbons (Fsp3) is 0.357. The van der Waals surface area contributed by atoms with E-state index in [1.54, 1.807) is 4.68 Å². The van der Waals surface area contributed by atoms with Crippen LogP contribution in [0.25, 0.3) is 0 Å². The fourth-order valence-electron chi connectivity index (χ4n) is 1.87. The van der Waals surface area contributed by atoms with Crippen molar-refractivity contribution in [1.82, 2.24) is 9.78 Å². The van der Waals surface area contributed by atoms with Crippen LogP contribution in [0, 0.1) is 6.92 Å². The third kappa shape index (κ3) is 2.99. The molecule has 0 radical (unpaired) electrons. The second-order valence-electron chi connectivity index (χ2n) is 4.27. The smallest absolute Gasteiger partial charge is 0.128 e. The lowest BCUT2D eigenvalue weighted by Gasteiger charge is -2.08. The SMILES string of the molecule is CCOc1cccc(OCc2c(C)nn(C)c2N)c1. The highest BCUT2D eigenvalue weighted by molar-refractivity contribution is 5.43. The highest BCUT2D eigenvalue weighted by atomic mass is 16.5. The van der Waals surface area contributed by atoms with E-state index in [2.05, 4.69) is 5.10 Å². The van der Waals surface area contributed by atoms with Crippen LogP contribution in [-0.4, -0.2) is 16.4 Å². The number of ether oxygens (including phenoxy) is 2. The van der Waals surface area contributed by atoms with Gasteiger partial charge in [-0.3, -0.25) is 4.68 Å². The highest BCUT2D eigenvalue weighted by Gasteiger charge is 2.10. The zero-order valence-electron chi connectivity index (χ0n) is 11.5. The van der Waals surface area contributed by atoms with Gasteiger partial charge in [0.2, 0.25) is 0 Å². The molecule has 0 aliphatic rings. The van der Waals surface area contributed by atoms with Crippen molar-refractivity contribution in [2.45, 2.75) is 20.5 Å². The summed E-state index contributed by atoms with van der Waals surface area (Å²) in [6.45, 7) is 4.91. The third-order valence-electron chi connectivity index (χ3n) is 2.89. The molecule has 2 N–H and O–H groups in total. The minimum atomic E-state index is 0.404. The van der Waals surface area contributed by atoms with Crippen LogP contribution in [0.5, 0.6) is 11.5 Å². The molecule has 0 bridgehead atoms. The predicted molar refractivity (Wildman–Crippen MR) is 74.3 cm³/mol. The molecule has 2 aromatic rings. The van der Waals surface area contributed by atoms with Crippen molar-refractivity contribution in [1.29, 1.82) is 0 Å². The van der Waals surface area contributed by atoms with Gasteiger partial charge in [0, 0.05) is 13.1 Å². The highest BCUT2D eigenvalue weighted by Crippen LogP contribution is 2.22. The van der Waals surface area contributed by atoms with Crippen LogP contribution < -0.4 is 15.2 Å². The maximum Gasteiger partial charge on any atom is 0.128 e. The summed E-state index contributed by atoms with van der Waals surface area (Å²) in [6.07, 6.45) is 0. The van der Waals surface area contributed by atoms with Crippen LogP contribution in [0.3, 0.4) is 0 Å². The van der Waals surface area contributed by atoms with E-state index in [9.17, 15) is 0 Å². The van der Waals surface area contributed by atoms with Gasteiger partial charge < -0.3 is 15.2 Å². The average molecular weight is 261 g/mol. The number of anilines is 1. The quantitative estimate of drug-likeness (QED) is 0.897. The minimum absolute atomic E-state index is 0.404. The maximum absolute atomic E-state index is 5.94. The average Bonchev–Trinajstić information content (AvgIpc) is 2.62. The van der Waals surface area contributed by atoms with Crippen LogP contribution >= 0.6 is 0 Å². The molecule has 0 saturated heterocycles. The standard InChI is InChI=1S/C14H19N3O2/c1-4-18-11-6-5-7-12(8-11)19-9-13-10(2)16-17(3)14(13)15/h5-8H,4,9,15H2,1-3H3. The van der Waals surface area contributed by atoms with Crippen molar-refractivity contribution in [3.63, 3.8) is 0 Å². The van der Waals surface area contributed by atoms with E-state index in [0.29, 0.717) is 19.0 Å². The van der Waals surface area contributed by atoms with Gasteiger partial charge in [-0.1, -0.05) is 6.07 Å². The molecule has 102 valence electrons. The summed E-state index contributed by atoms with van der Waals surface area (Å²) in [7, 11) is 1.82. The molecule has 5 nitrogen and oxygen atoms in total. The maximum atomic E-state index is 5.94. The molecule has 0 spiro atoms. The molecular weight excluding hydrogens is 242 g/mol. The van der Waals surface area contributed by atoms with Crippen molar-refractivity contribution in [3.8, 4) is 11.5 Å². The zero-order valence-corrected chi connectivity index (χ0v) is 11.5. The van der Waals surface area contributed by atoms with Gasteiger partial charge in [0.1, 0.15) is 23.9 Å². The van der Waals surface area contributed by atoms with Crippen LogP contribution in [0.1, 0.15) is 18.2 Å². The number of rotatable bonds is 5. The summed E-state index contributed by atoms with van der Waals surface area (Å²) in [4.78, 5) is 0. The van der Waals surface area contributed by atoms with Gasteiger partial charge in [0.15, 0.2) is 0 Å². The van der Waals surface area contributed by atoms with E-state index < -0.39 is 0 Å². The third-order valence-corrected chi connectivity index (χ3v) is 2.89. The summed E-state index contributed by atoms with van der Waals surface area (Å²) < 4.78 is 12.8. The summed E-state index contributed by atoms with van der Waals surface area (Å²) >= 11 is 0. The molecule has 1 aromatic carbocycles. The Bertz CT molecular complexity index is 564. The van der Waals surface area contributed by atoms with E-state index in [1.807, 2.05) is 45.2 Å². The monoisotopic (exact) mass is 261 g/mol. The Kier molecular flexibility index (Phi) is 3.94. The first-order chi connectivity index (χ1) is 9.11. The van der Waals surface area contributed by atoms with Crippen molar-refractivity contribution in [3.05, 3.63) is 35.5 Å². The number of nitrogens with two attached hydrogens (primary N) is 1. The number of aromatic nitrogens is 2. The molecule has 1 aromatic heterocycles. The van der Waals surface area contributed by atoms with Crippen molar-refractivity contribution in [2.75, 3.05) is 12.3 Å². The largest absolute Gasteiger partial charge is 0.494 e. The molecule has 0 fully saturated rings. The Morgan fingerprint density at radius 1 is 1.26 bits per heavy atom. The lowest BCUT2D eigenvalue weighted by atomic mass is 10.2. The first-order valence-electron chi connectivity index (χ1n) is 6.25. The number of hydrogen-bond acceptors (Lipinski definition) is 4. The van der Waals surface area contributed by atoms with Gasteiger partial charge in [-0.15, -0.1) is 0 Å². The molecule has 0 saturated carbocycles. The summed E-state index contributed by atoms with van der Waals surface area (Å²) in [6, 6.07) is 7.57. The zero-order chi connectivity index (χ0) is 13.8. The molecule has 0 unspecified atom stereocenters. The predicted octanol–water partition coefficient (Wildman–Crippen LogP) is 2.29.